The number of amides is 2. The minimum Gasteiger partial charge on any atom is -0.364 e. The number of halogens is 3. The summed E-state index contributed by atoms with van der Waals surface area (Å²) in [5.74, 6) is -3.40. The topological polar surface area (TPSA) is 127 Å². The van der Waals surface area contributed by atoms with E-state index in [4.69, 9.17) is 5.73 Å². The molecule has 2 aromatic heterocycles. The first-order chi connectivity index (χ1) is 19.7. The minimum atomic E-state index is -1.45. The van der Waals surface area contributed by atoms with Crippen LogP contribution in [0.5, 0.6) is 0 Å². The maximum absolute atomic E-state index is 15.6. The van der Waals surface area contributed by atoms with Crippen molar-refractivity contribution < 1.29 is 27.6 Å². The Labute approximate surface area is 230 Å². The molecule has 41 heavy (non-hydrogen) atoms. The first-order valence-electron chi connectivity index (χ1n) is 12.8. The molecule has 6 rings (SSSR count). The number of nitrogens with zero attached hydrogens (tertiary/aromatic N) is 4. The van der Waals surface area contributed by atoms with Crippen molar-refractivity contribution in [2.24, 2.45) is 5.73 Å². The van der Waals surface area contributed by atoms with Crippen molar-refractivity contribution >= 4 is 39.5 Å². The van der Waals surface area contributed by atoms with Crippen LogP contribution in [-0.2, 0) is 22.6 Å². The number of likely N-dealkylation sites (tertiary alicyclic amines) is 1. The van der Waals surface area contributed by atoms with E-state index < -0.39 is 47.9 Å². The number of ketones is 1. The molecule has 2 amide bonds. The number of aromatic amines is 1. The molecule has 1 saturated heterocycles. The van der Waals surface area contributed by atoms with Crippen LogP contribution in [-0.4, -0.2) is 61.0 Å². The third-order valence-electron chi connectivity index (χ3n) is 7.38. The third-order valence-corrected chi connectivity index (χ3v) is 7.38. The smallest absolute Gasteiger partial charge is 0.269 e. The number of Topliss-reactive ketones (excluding diaryl/α,β-unsaturated/α-hetero) is 1. The van der Waals surface area contributed by atoms with Crippen LogP contribution in [0.15, 0.2) is 60.9 Å². The van der Waals surface area contributed by atoms with Crippen LogP contribution in [0, 0.1) is 11.6 Å². The fourth-order valence-electron chi connectivity index (χ4n) is 5.43. The number of carbonyl (C=O) groups excluding carboxylic acids is 3. The predicted molar refractivity (Wildman–Crippen MR) is 143 cm³/mol. The normalized spacial score (nSPS) is 17.0. The lowest BCUT2D eigenvalue weighted by Crippen LogP contribution is -2.43. The Balaban J connectivity index is 1.24. The zero-order chi connectivity index (χ0) is 28.8. The van der Waals surface area contributed by atoms with Gasteiger partial charge in [-0.05, 0) is 23.8 Å². The Kier molecular flexibility index (Phi) is 6.52. The molecule has 1 aliphatic rings. The van der Waals surface area contributed by atoms with Crippen LogP contribution in [0.1, 0.15) is 22.5 Å². The number of nitrogens with one attached hydrogen (secondary N) is 1. The maximum atomic E-state index is 15.6. The molecule has 0 radical (unpaired) electrons. The molecular weight excluding hydrogens is 537 g/mol. The number of carbonyl (C=O) groups is 3. The molecule has 0 saturated carbocycles. The molecule has 1 fully saturated rings. The van der Waals surface area contributed by atoms with Gasteiger partial charge in [-0.2, -0.15) is 5.10 Å². The number of rotatable bonds is 7. The molecule has 0 bridgehead atoms. The Morgan fingerprint density at radius 1 is 1.00 bits per heavy atom. The van der Waals surface area contributed by atoms with Crippen LogP contribution >= 0.6 is 0 Å². The van der Waals surface area contributed by atoms with E-state index in [-0.39, 0.29) is 47.4 Å². The van der Waals surface area contributed by atoms with Crippen LogP contribution in [0.4, 0.5) is 13.2 Å². The zero-order valence-electron chi connectivity index (χ0n) is 21.5. The molecule has 0 aliphatic carbocycles. The molecule has 208 valence electrons. The van der Waals surface area contributed by atoms with Gasteiger partial charge in [0.25, 0.3) is 5.91 Å². The number of primary amides is 1. The van der Waals surface area contributed by atoms with E-state index in [1.54, 1.807) is 30.3 Å². The van der Waals surface area contributed by atoms with E-state index in [0.29, 0.717) is 16.4 Å². The summed E-state index contributed by atoms with van der Waals surface area (Å²) in [5, 5.41) is 4.62. The molecule has 3 heterocycles. The van der Waals surface area contributed by atoms with Crippen LogP contribution in [0.2, 0.25) is 0 Å². The average molecular weight is 561 g/mol. The van der Waals surface area contributed by atoms with E-state index in [0.717, 1.165) is 4.90 Å². The summed E-state index contributed by atoms with van der Waals surface area (Å²) in [4.78, 5) is 46.3. The average Bonchev–Trinajstić information content (AvgIpc) is 3.68. The SMILES string of the molecule is NC(=O)c1nn(CC(=O)N2C[C@H](F)C[C@H]2C(=O)Cc2cccc(-c3ccc4[nH]cnc4c3F)c2F)c2ccccc12. The highest BCUT2D eigenvalue weighted by Crippen LogP contribution is 2.32. The number of para-hydroxylation sites is 1. The van der Waals surface area contributed by atoms with Gasteiger partial charge in [0.05, 0.1) is 29.9 Å². The van der Waals surface area contributed by atoms with Gasteiger partial charge in [-0.25, -0.2) is 18.2 Å². The van der Waals surface area contributed by atoms with Crippen molar-refractivity contribution in [3.63, 3.8) is 0 Å². The Morgan fingerprint density at radius 3 is 2.59 bits per heavy atom. The first-order valence-corrected chi connectivity index (χ1v) is 12.8. The van der Waals surface area contributed by atoms with Gasteiger partial charge in [-0.1, -0.05) is 36.4 Å². The van der Waals surface area contributed by atoms with Crippen molar-refractivity contribution in [1.82, 2.24) is 24.6 Å². The van der Waals surface area contributed by atoms with Gasteiger partial charge in [-0.3, -0.25) is 19.1 Å². The maximum Gasteiger partial charge on any atom is 0.269 e. The number of fused-ring (bicyclic) bond motifs is 2. The summed E-state index contributed by atoms with van der Waals surface area (Å²) in [7, 11) is 0. The zero-order valence-corrected chi connectivity index (χ0v) is 21.5. The van der Waals surface area contributed by atoms with E-state index in [1.165, 1.54) is 35.3 Å². The van der Waals surface area contributed by atoms with Gasteiger partial charge in [0.1, 0.15) is 24.1 Å². The van der Waals surface area contributed by atoms with E-state index in [9.17, 15) is 18.8 Å². The molecule has 9 nitrogen and oxygen atoms in total. The van der Waals surface area contributed by atoms with Crippen LogP contribution in [0.25, 0.3) is 33.1 Å². The number of H-pyrrole nitrogens is 1. The predicted octanol–water partition coefficient (Wildman–Crippen LogP) is 3.71. The van der Waals surface area contributed by atoms with E-state index in [2.05, 4.69) is 15.1 Å². The summed E-state index contributed by atoms with van der Waals surface area (Å²) < 4.78 is 46.5. The summed E-state index contributed by atoms with van der Waals surface area (Å²) in [6.07, 6.45) is -0.776. The van der Waals surface area contributed by atoms with Crippen molar-refractivity contribution in [2.75, 3.05) is 6.54 Å². The lowest BCUT2D eigenvalue weighted by molar-refractivity contribution is -0.138. The molecule has 5 aromatic rings. The van der Waals surface area contributed by atoms with E-state index in [1.807, 2.05) is 0 Å². The highest BCUT2D eigenvalue weighted by Gasteiger charge is 2.40. The summed E-state index contributed by atoms with van der Waals surface area (Å²) in [5.41, 5.74) is 6.35. The van der Waals surface area contributed by atoms with Crippen molar-refractivity contribution in [2.45, 2.75) is 31.6 Å². The Bertz CT molecular complexity index is 1850. The fourth-order valence-corrected chi connectivity index (χ4v) is 5.43. The summed E-state index contributed by atoms with van der Waals surface area (Å²) in [6, 6.07) is 12.9. The van der Waals surface area contributed by atoms with Crippen molar-refractivity contribution in [3.05, 3.63) is 83.8 Å². The minimum absolute atomic E-state index is 0.00657. The number of hydrogen-bond acceptors (Lipinski definition) is 5. The number of hydrogen-bond donors (Lipinski definition) is 2. The Morgan fingerprint density at radius 2 is 1.78 bits per heavy atom. The molecule has 3 aromatic carbocycles. The number of benzene rings is 3. The second-order valence-electron chi connectivity index (χ2n) is 9.93. The largest absolute Gasteiger partial charge is 0.364 e. The van der Waals surface area contributed by atoms with Gasteiger partial charge in [0.15, 0.2) is 17.3 Å². The first kappa shape index (κ1) is 26.2. The second-order valence-corrected chi connectivity index (χ2v) is 9.93. The van der Waals surface area contributed by atoms with Gasteiger partial charge < -0.3 is 15.6 Å². The highest BCUT2D eigenvalue weighted by molar-refractivity contribution is 6.04. The van der Waals surface area contributed by atoms with E-state index >= 15 is 8.78 Å². The second kappa shape index (κ2) is 10.2. The fraction of sp³-hybridized carbons (Fsp3) is 0.207. The van der Waals surface area contributed by atoms with Gasteiger partial charge in [-0.15, -0.1) is 0 Å². The number of aromatic nitrogens is 4. The molecule has 1 aliphatic heterocycles. The van der Waals surface area contributed by atoms with Crippen molar-refractivity contribution in [1.29, 1.82) is 0 Å². The van der Waals surface area contributed by atoms with Gasteiger partial charge in [0.2, 0.25) is 5.91 Å². The molecular formula is C29H23F3N6O3. The molecule has 0 spiro atoms. The number of imidazole rings is 1. The lowest BCUT2D eigenvalue weighted by atomic mass is 9.96. The van der Waals surface area contributed by atoms with Crippen molar-refractivity contribution in [3.8, 4) is 11.1 Å². The van der Waals surface area contributed by atoms with Gasteiger partial charge in [0, 0.05) is 29.4 Å². The molecule has 2 atom stereocenters. The Hall–Kier alpha value is -5.00. The number of nitrogens with two attached hydrogens (primary N) is 1. The van der Waals surface area contributed by atoms with Gasteiger partial charge >= 0.3 is 0 Å². The standard InChI is InChI=1S/C29H23F3N6O3/c30-16-11-22(37(12-16)24(40)13-38-21-7-2-1-5-19(21)27(36-38)29(33)41)23(39)10-15-4-3-6-17(25(15)31)18-8-9-20-28(26(18)32)35-14-34-20/h1-9,14,16,22H,10-13H2,(H2,33,41)(H,34,35)/t16-,22+/m1/s1. The highest BCUT2D eigenvalue weighted by atomic mass is 19.1. The monoisotopic (exact) mass is 560 g/mol. The van der Waals surface area contributed by atoms with Crippen LogP contribution in [0.3, 0.4) is 0 Å². The third kappa shape index (κ3) is 4.60. The lowest BCUT2D eigenvalue weighted by Gasteiger charge is -2.23. The number of alkyl halides is 1. The van der Waals surface area contributed by atoms with Crippen LogP contribution < -0.4 is 5.73 Å². The summed E-state index contributed by atoms with van der Waals surface area (Å²) >= 11 is 0. The molecule has 3 N–H and O–H groups in total. The summed E-state index contributed by atoms with van der Waals surface area (Å²) in [6.45, 7) is -0.669. The molecule has 0 unspecified atom stereocenters. The molecule has 12 heteroatoms. The quantitative estimate of drug-likeness (QED) is 0.314.